The summed E-state index contributed by atoms with van der Waals surface area (Å²) in [6.07, 6.45) is 13.5. The van der Waals surface area contributed by atoms with Gasteiger partial charge in [0.25, 0.3) is 0 Å². The normalized spacial score (nSPS) is 19.4. The van der Waals surface area contributed by atoms with Crippen LogP contribution in [0.15, 0.2) is 30.9 Å². The first-order valence-electron chi connectivity index (χ1n) is 7.18. The number of thiophene rings is 2. The molecule has 0 spiro atoms. The second-order valence-electron chi connectivity index (χ2n) is 7.19. The molecule has 1 aliphatic rings. The topological polar surface area (TPSA) is 65.2 Å². The molecule has 0 aliphatic heterocycles. The molecule has 24 heavy (non-hydrogen) atoms. The second kappa shape index (κ2) is 5.79. The van der Waals surface area contributed by atoms with E-state index in [9.17, 15) is 10.4 Å². The molecule has 0 saturated carbocycles. The molecule has 132 valence electrons. The Bertz CT molecular complexity index is 792. The van der Waals surface area contributed by atoms with Crippen LogP contribution in [0.3, 0.4) is 0 Å². The SMILES string of the molecule is CS(C)(C)c1cc2c(s1)-c1sc(S(C)(C)C)cc1C(=N\O)/C2=N\O. The molecule has 0 aromatic carbocycles. The fraction of sp³-hybridized carbons (Fsp3) is 0.375. The Balaban J connectivity index is 2.33. The van der Waals surface area contributed by atoms with Crippen molar-refractivity contribution in [1.29, 1.82) is 0 Å². The average molecular weight is 403 g/mol. The number of hydrogen-bond donors (Lipinski definition) is 2. The maximum absolute atomic E-state index is 9.56. The molecule has 2 aromatic heterocycles. The van der Waals surface area contributed by atoms with Crippen LogP contribution in [0.4, 0.5) is 0 Å². The molecule has 2 aromatic rings. The number of fused-ring (bicyclic) bond motifs is 3. The number of rotatable bonds is 2. The van der Waals surface area contributed by atoms with Crippen molar-refractivity contribution in [3.8, 4) is 9.75 Å². The minimum absolute atomic E-state index is 0.361. The van der Waals surface area contributed by atoms with Gasteiger partial charge < -0.3 is 10.4 Å². The summed E-state index contributed by atoms with van der Waals surface area (Å²) >= 11 is 3.54. The highest BCUT2D eigenvalue weighted by atomic mass is 32.3. The Kier molecular flexibility index (Phi) is 4.31. The van der Waals surface area contributed by atoms with Crippen LogP contribution < -0.4 is 0 Å². The highest BCUT2D eigenvalue weighted by molar-refractivity contribution is 8.33. The lowest BCUT2D eigenvalue weighted by molar-refractivity contribution is 0.314. The summed E-state index contributed by atoms with van der Waals surface area (Å²) in [5, 5.41) is 26.0. The molecular weight excluding hydrogens is 380 g/mol. The van der Waals surface area contributed by atoms with E-state index in [-0.39, 0.29) is 0 Å². The minimum Gasteiger partial charge on any atom is -0.410 e. The van der Waals surface area contributed by atoms with E-state index < -0.39 is 20.1 Å². The van der Waals surface area contributed by atoms with Crippen molar-refractivity contribution in [3.05, 3.63) is 23.3 Å². The van der Waals surface area contributed by atoms with Crippen molar-refractivity contribution in [2.24, 2.45) is 10.3 Å². The first-order chi connectivity index (χ1) is 11.1. The number of nitrogens with zero attached hydrogens (tertiary/aromatic N) is 2. The van der Waals surface area contributed by atoms with E-state index >= 15 is 0 Å². The third-order valence-corrected chi connectivity index (χ3v) is 11.9. The molecule has 1 aliphatic carbocycles. The van der Waals surface area contributed by atoms with Crippen molar-refractivity contribution < 1.29 is 10.4 Å². The van der Waals surface area contributed by atoms with Gasteiger partial charge in [0.2, 0.25) is 0 Å². The van der Waals surface area contributed by atoms with Crippen LogP contribution in [0.25, 0.3) is 9.75 Å². The molecule has 0 bridgehead atoms. The lowest BCUT2D eigenvalue weighted by Crippen LogP contribution is -2.21. The zero-order valence-electron chi connectivity index (χ0n) is 14.6. The van der Waals surface area contributed by atoms with E-state index in [0.717, 1.165) is 20.9 Å². The smallest absolute Gasteiger partial charge is 0.141 e. The maximum atomic E-state index is 9.56. The van der Waals surface area contributed by atoms with Gasteiger partial charge in [0.1, 0.15) is 11.4 Å². The quantitative estimate of drug-likeness (QED) is 0.551. The van der Waals surface area contributed by atoms with Crippen molar-refractivity contribution >= 4 is 54.2 Å². The van der Waals surface area contributed by atoms with Gasteiger partial charge in [-0.3, -0.25) is 0 Å². The van der Waals surface area contributed by atoms with E-state index in [1.54, 1.807) is 22.7 Å². The highest BCUT2D eigenvalue weighted by Crippen LogP contribution is 2.57. The summed E-state index contributed by atoms with van der Waals surface area (Å²) in [5.74, 6) is 0. The molecule has 3 rings (SSSR count). The van der Waals surface area contributed by atoms with Gasteiger partial charge in [0.15, 0.2) is 0 Å². The number of hydrogen-bond acceptors (Lipinski definition) is 6. The van der Waals surface area contributed by atoms with Gasteiger partial charge in [0, 0.05) is 19.5 Å². The van der Waals surface area contributed by atoms with Crippen LogP contribution in [0.2, 0.25) is 0 Å². The van der Waals surface area contributed by atoms with Crippen LogP contribution in [0, 0.1) is 0 Å². The lowest BCUT2D eigenvalue weighted by atomic mass is 9.94. The summed E-state index contributed by atoms with van der Waals surface area (Å²) in [7, 11) is -1.78. The molecule has 0 unspecified atom stereocenters. The van der Waals surface area contributed by atoms with Crippen molar-refractivity contribution in [2.45, 2.75) is 8.42 Å². The maximum Gasteiger partial charge on any atom is 0.141 e. The molecule has 2 N–H and O–H groups in total. The average Bonchev–Trinajstić information content (AvgIpc) is 3.07. The fourth-order valence-corrected chi connectivity index (χ4v) is 7.87. The first-order valence-corrected chi connectivity index (χ1v) is 14.5. The van der Waals surface area contributed by atoms with Gasteiger partial charge in [-0.05, 0) is 49.7 Å². The Morgan fingerprint density at radius 2 is 1.04 bits per heavy atom. The fourth-order valence-electron chi connectivity index (χ4n) is 2.49. The van der Waals surface area contributed by atoms with E-state index in [2.05, 4.69) is 60.0 Å². The Morgan fingerprint density at radius 3 is 1.29 bits per heavy atom. The molecule has 8 heteroatoms. The van der Waals surface area contributed by atoms with Crippen molar-refractivity contribution in [3.63, 3.8) is 0 Å². The molecule has 0 saturated heterocycles. The summed E-state index contributed by atoms with van der Waals surface area (Å²) in [6, 6.07) is 4.20. The minimum atomic E-state index is -0.888. The lowest BCUT2D eigenvalue weighted by Gasteiger charge is -2.23. The van der Waals surface area contributed by atoms with Gasteiger partial charge in [-0.2, -0.15) is 0 Å². The molecule has 0 atom stereocenters. The summed E-state index contributed by atoms with van der Waals surface area (Å²) < 4.78 is 2.61. The molecule has 0 radical (unpaired) electrons. The number of oxime groups is 2. The predicted octanol–water partition coefficient (Wildman–Crippen LogP) is 4.95. The zero-order valence-corrected chi connectivity index (χ0v) is 17.8. The molecule has 0 fully saturated rings. The molecular formula is C16H22N2O2S4. The van der Waals surface area contributed by atoms with E-state index in [1.807, 2.05) is 0 Å². The Morgan fingerprint density at radius 1 is 0.708 bits per heavy atom. The summed E-state index contributed by atoms with van der Waals surface area (Å²) in [5.41, 5.74) is 2.47. The van der Waals surface area contributed by atoms with Gasteiger partial charge in [-0.25, -0.2) is 20.1 Å². The summed E-state index contributed by atoms with van der Waals surface area (Å²) in [6.45, 7) is 0. The largest absolute Gasteiger partial charge is 0.410 e. The predicted molar refractivity (Wildman–Crippen MR) is 112 cm³/mol. The zero-order chi connectivity index (χ0) is 17.9. The Hall–Kier alpha value is -0.960. The third-order valence-electron chi connectivity index (χ3n) is 3.77. The monoisotopic (exact) mass is 402 g/mol. The van der Waals surface area contributed by atoms with Crippen LogP contribution in [-0.4, -0.2) is 59.4 Å². The van der Waals surface area contributed by atoms with Gasteiger partial charge >= 0.3 is 0 Å². The van der Waals surface area contributed by atoms with Crippen molar-refractivity contribution in [2.75, 3.05) is 37.5 Å². The van der Waals surface area contributed by atoms with E-state index in [0.29, 0.717) is 11.4 Å². The van der Waals surface area contributed by atoms with Crippen LogP contribution >= 0.6 is 42.7 Å². The van der Waals surface area contributed by atoms with Crippen LogP contribution in [0.5, 0.6) is 0 Å². The van der Waals surface area contributed by atoms with Gasteiger partial charge in [0.05, 0.1) is 9.75 Å². The van der Waals surface area contributed by atoms with Gasteiger partial charge in [-0.15, -0.1) is 22.7 Å². The van der Waals surface area contributed by atoms with Gasteiger partial charge in [-0.1, -0.05) is 10.3 Å². The van der Waals surface area contributed by atoms with Crippen molar-refractivity contribution in [1.82, 2.24) is 0 Å². The van der Waals surface area contributed by atoms with E-state index in [1.165, 1.54) is 8.42 Å². The Labute approximate surface area is 153 Å². The highest BCUT2D eigenvalue weighted by Gasteiger charge is 2.34. The second-order valence-corrected chi connectivity index (χ2v) is 18.0. The van der Waals surface area contributed by atoms with E-state index in [4.69, 9.17) is 0 Å². The third kappa shape index (κ3) is 2.79. The summed E-state index contributed by atoms with van der Waals surface area (Å²) in [4.78, 5) is 2.25. The standard InChI is InChI=1S/C16H22N2O2S4/c1-23(2,3)11-7-9-13(17-19)14(18-20)10-8-12(24(4,5)6)22-16(10)15(9)21-11/h7-8,19-20H,1-6H3/b17-13-,18-14+. The first kappa shape index (κ1) is 17.8. The van der Waals surface area contributed by atoms with Crippen LogP contribution in [0.1, 0.15) is 11.1 Å². The molecule has 4 nitrogen and oxygen atoms in total. The van der Waals surface area contributed by atoms with Crippen LogP contribution in [-0.2, 0) is 0 Å². The molecule has 0 amide bonds. The molecule has 2 heterocycles.